The average Bonchev–Trinajstić information content (AvgIpc) is 2.48. The summed E-state index contributed by atoms with van der Waals surface area (Å²) in [4.78, 5) is 12.3. The van der Waals surface area contributed by atoms with Crippen molar-refractivity contribution in [3.63, 3.8) is 0 Å². The first kappa shape index (κ1) is 14.8. The summed E-state index contributed by atoms with van der Waals surface area (Å²) >= 11 is 0. The second kappa shape index (κ2) is 6.71. The Bertz CT molecular complexity index is 297. The van der Waals surface area contributed by atoms with Gasteiger partial charge in [-0.15, -0.1) is 0 Å². The molecule has 1 atom stereocenters. The Kier molecular flexibility index (Phi) is 5.22. The largest absolute Gasteiger partial charge is 0.375 e. The lowest BCUT2D eigenvalue weighted by Crippen LogP contribution is -2.50. The minimum atomic E-state index is -0.00961. The fourth-order valence-electron chi connectivity index (χ4n) is 3.30. The Labute approximate surface area is 116 Å². The van der Waals surface area contributed by atoms with Gasteiger partial charge in [0.1, 0.15) is 0 Å². The van der Waals surface area contributed by atoms with Crippen LogP contribution >= 0.6 is 0 Å². The first-order valence-corrected chi connectivity index (χ1v) is 7.84. The minimum Gasteiger partial charge on any atom is -0.375 e. The van der Waals surface area contributed by atoms with E-state index in [0.717, 1.165) is 58.2 Å². The Balaban J connectivity index is 1.86. The van der Waals surface area contributed by atoms with Crippen LogP contribution in [-0.2, 0) is 9.53 Å². The monoisotopic (exact) mass is 268 g/mol. The number of piperidine rings is 1. The van der Waals surface area contributed by atoms with Gasteiger partial charge >= 0.3 is 0 Å². The van der Waals surface area contributed by atoms with Crippen LogP contribution in [0.4, 0.5) is 0 Å². The predicted molar refractivity (Wildman–Crippen MR) is 76.0 cm³/mol. The molecule has 0 radical (unpaired) electrons. The molecular weight excluding hydrogens is 240 g/mol. The van der Waals surface area contributed by atoms with E-state index in [0.29, 0.717) is 6.04 Å². The number of ether oxygens (including phenoxy) is 1. The van der Waals surface area contributed by atoms with Crippen molar-refractivity contribution in [3.8, 4) is 0 Å². The molecular formula is C15H28N2O2. The van der Waals surface area contributed by atoms with Crippen molar-refractivity contribution in [3.05, 3.63) is 0 Å². The Hall–Kier alpha value is -0.610. The third kappa shape index (κ3) is 3.69. The first-order valence-electron chi connectivity index (χ1n) is 7.84. The van der Waals surface area contributed by atoms with E-state index in [9.17, 15) is 4.79 Å². The Morgan fingerprint density at radius 2 is 1.95 bits per heavy atom. The normalized spacial score (nSPS) is 28.0. The van der Waals surface area contributed by atoms with Crippen LogP contribution in [-0.4, -0.2) is 37.2 Å². The van der Waals surface area contributed by atoms with Crippen LogP contribution in [0, 0.1) is 5.92 Å². The number of carbonyl (C=O) groups is 1. The van der Waals surface area contributed by atoms with Gasteiger partial charge in [0.25, 0.3) is 0 Å². The van der Waals surface area contributed by atoms with E-state index in [4.69, 9.17) is 4.74 Å². The summed E-state index contributed by atoms with van der Waals surface area (Å²) < 4.78 is 5.96. The lowest BCUT2D eigenvalue weighted by atomic mass is 9.85. The maximum Gasteiger partial charge on any atom is 0.223 e. The molecule has 110 valence electrons. The lowest BCUT2D eigenvalue weighted by Gasteiger charge is -2.40. The van der Waals surface area contributed by atoms with E-state index in [2.05, 4.69) is 24.5 Å². The fourth-order valence-corrected chi connectivity index (χ4v) is 3.30. The molecule has 2 fully saturated rings. The first-order chi connectivity index (χ1) is 9.19. The molecule has 2 rings (SSSR count). The van der Waals surface area contributed by atoms with E-state index >= 15 is 0 Å². The molecule has 0 aliphatic carbocycles. The smallest absolute Gasteiger partial charge is 0.223 e. The molecule has 2 N–H and O–H groups in total. The van der Waals surface area contributed by atoms with Crippen LogP contribution in [0.3, 0.4) is 0 Å². The molecule has 2 saturated heterocycles. The molecule has 0 saturated carbocycles. The van der Waals surface area contributed by atoms with Crippen molar-refractivity contribution in [1.82, 2.24) is 10.6 Å². The standard InChI is InChI=1S/C15H28N2O2/c1-3-15(4-2)11-13(7-10-19-15)17-14(18)12-5-8-16-9-6-12/h12-13,16H,3-11H2,1-2H3,(H,17,18). The highest BCUT2D eigenvalue weighted by Gasteiger charge is 2.35. The zero-order valence-electron chi connectivity index (χ0n) is 12.3. The molecule has 0 aromatic heterocycles. The molecule has 0 aromatic carbocycles. The highest BCUT2D eigenvalue weighted by Crippen LogP contribution is 2.31. The number of rotatable bonds is 4. The van der Waals surface area contributed by atoms with Crippen molar-refractivity contribution in [2.24, 2.45) is 5.92 Å². The molecule has 1 unspecified atom stereocenters. The van der Waals surface area contributed by atoms with Crippen LogP contribution in [0.25, 0.3) is 0 Å². The van der Waals surface area contributed by atoms with Crippen molar-refractivity contribution < 1.29 is 9.53 Å². The third-order valence-electron chi connectivity index (χ3n) is 4.84. The summed E-state index contributed by atoms with van der Waals surface area (Å²) in [6.07, 6.45) is 5.94. The van der Waals surface area contributed by atoms with E-state index in [1.54, 1.807) is 0 Å². The molecule has 1 amide bonds. The Morgan fingerprint density at radius 3 is 2.58 bits per heavy atom. The van der Waals surface area contributed by atoms with Gasteiger partial charge in [0.05, 0.1) is 5.60 Å². The van der Waals surface area contributed by atoms with Crippen LogP contribution in [0.1, 0.15) is 52.4 Å². The van der Waals surface area contributed by atoms with Gasteiger partial charge in [-0.2, -0.15) is 0 Å². The lowest BCUT2D eigenvalue weighted by molar-refractivity contribution is -0.130. The van der Waals surface area contributed by atoms with Gasteiger partial charge in [-0.05, 0) is 51.6 Å². The quantitative estimate of drug-likeness (QED) is 0.818. The van der Waals surface area contributed by atoms with E-state index < -0.39 is 0 Å². The maximum atomic E-state index is 12.3. The third-order valence-corrected chi connectivity index (χ3v) is 4.84. The van der Waals surface area contributed by atoms with Gasteiger partial charge in [-0.1, -0.05) is 13.8 Å². The molecule has 0 spiro atoms. The second-order valence-corrected chi connectivity index (χ2v) is 5.96. The predicted octanol–water partition coefficient (Wildman–Crippen LogP) is 1.84. The highest BCUT2D eigenvalue weighted by molar-refractivity contribution is 5.79. The molecule has 2 heterocycles. The van der Waals surface area contributed by atoms with Crippen LogP contribution in [0.5, 0.6) is 0 Å². The topological polar surface area (TPSA) is 50.4 Å². The average molecular weight is 268 g/mol. The SMILES string of the molecule is CCC1(CC)CC(NC(=O)C2CCNCC2)CCO1. The van der Waals surface area contributed by atoms with Gasteiger partial charge in [0.15, 0.2) is 0 Å². The van der Waals surface area contributed by atoms with Crippen molar-refractivity contribution >= 4 is 5.91 Å². The summed E-state index contributed by atoms with van der Waals surface area (Å²) in [5.74, 6) is 0.469. The second-order valence-electron chi connectivity index (χ2n) is 5.96. The number of carbonyl (C=O) groups excluding carboxylic acids is 1. The summed E-state index contributed by atoms with van der Waals surface area (Å²) in [5, 5.41) is 6.57. The number of nitrogens with one attached hydrogen (secondary N) is 2. The molecule has 0 aromatic rings. The van der Waals surface area contributed by atoms with Crippen LogP contribution < -0.4 is 10.6 Å². The minimum absolute atomic E-state index is 0.00961. The highest BCUT2D eigenvalue weighted by atomic mass is 16.5. The number of hydrogen-bond donors (Lipinski definition) is 2. The van der Waals surface area contributed by atoms with Crippen molar-refractivity contribution in [2.75, 3.05) is 19.7 Å². The van der Waals surface area contributed by atoms with Crippen LogP contribution in [0.15, 0.2) is 0 Å². The summed E-state index contributed by atoms with van der Waals surface area (Å²) in [6.45, 7) is 7.08. The molecule has 4 heteroatoms. The zero-order chi connectivity index (χ0) is 13.7. The van der Waals surface area contributed by atoms with Gasteiger partial charge in [0, 0.05) is 18.6 Å². The molecule has 4 nitrogen and oxygen atoms in total. The maximum absolute atomic E-state index is 12.3. The summed E-state index contributed by atoms with van der Waals surface area (Å²) in [6, 6.07) is 0.302. The molecule has 2 aliphatic heterocycles. The zero-order valence-corrected chi connectivity index (χ0v) is 12.3. The van der Waals surface area contributed by atoms with Crippen LogP contribution in [0.2, 0.25) is 0 Å². The van der Waals surface area contributed by atoms with Crippen molar-refractivity contribution in [1.29, 1.82) is 0 Å². The van der Waals surface area contributed by atoms with Crippen molar-refractivity contribution in [2.45, 2.75) is 64.0 Å². The summed E-state index contributed by atoms with van der Waals surface area (Å²) in [7, 11) is 0. The Morgan fingerprint density at radius 1 is 1.26 bits per heavy atom. The molecule has 0 bridgehead atoms. The van der Waals surface area contributed by atoms with E-state index in [-0.39, 0.29) is 17.4 Å². The number of hydrogen-bond acceptors (Lipinski definition) is 3. The van der Waals surface area contributed by atoms with E-state index in [1.807, 2.05) is 0 Å². The van der Waals surface area contributed by atoms with Gasteiger partial charge in [-0.3, -0.25) is 4.79 Å². The fraction of sp³-hybridized carbons (Fsp3) is 0.933. The van der Waals surface area contributed by atoms with E-state index in [1.165, 1.54) is 0 Å². The number of amides is 1. The van der Waals surface area contributed by atoms with Gasteiger partial charge in [0.2, 0.25) is 5.91 Å². The van der Waals surface area contributed by atoms with Gasteiger partial charge in [-0.25, -0.2) is 0 Å². The molecule has 2 aliphatic rings. The summed E-state index contributed by atoms with van der Waals surface area (Å²) in [5.41, 5.74) is -0.00961. The van der Waals surface area contributed by atoms with Gasteiger partial charge < -0.3 is 15.4 Å². The molecule has 19 heavy (non-hydrogen) atoms.